The summed E-state index contributed by atoms with van der Waals surface area (Å²) in [5, 5.41) is 14.9. The highest BCUT2D eigenvalue weighted by atomic mass is 16.2. The topological polar surface area (TPSA) is 82.0 Å². The molecule has 0 atom stereocenters. The van der Waals surface area contributed by atoms with Crippen LogP contribution in [0.3, 0.4) is 0 Å². The van der Waals surface area contributed by atoms with Crippen LogP contribution in [0.2, 0.25) is 0 Å². The SMILES string of the molecule is Cc1ccc(CNC(=O)C2CCC(C(=O)Nc3cccc(C#N)c3)CC2)cc1. The van der Waals surface area contributed by atoms with Gasteiger partial charge in [0.2, 0.25) is 11.8 Å². The fourth-order valence-corrected chi connectivity index (χ4v) is 3.57. The number of aryl methyl sites for hydroxylation is 1. The van der Waals surface area contributed by atoms with Gasteiger partial charge in [-0.15, -0.1) is 0 Å². The minimum absolute atomic E-state index is 0.0311. The van der Waals surface area contributed by atoms with E-state index in [0.29, 0.717) is 30.6 Å². The highest BCUT2D eigenvalue weighted by molar-refractivity contribution is 5.93. The second-order valence-electron chi connectivity index (χ2n) is 7.43. The molecule has 2 amide bonds. The zero-order chi connectivity index (χ0) is 19.9. The van der Waals surface area contributed by atoms with E-state index in [1.165, 1.54) is 5.56 Å². The lowest BCUT2D eigenvalue weighted by atomic mass is 9.81. The van der Waals surface area contributed by atoms with Gasteiger partial charge in [0.15, 0.2) is 0 Å². The summed E-state index contributed by atoms with van der Waals surface area (Å²) in [7, 11) is 0. The lowest BCUT2D eigenvalue weighted by Gasteiger charge is -2.27. The number of nitrogens with zero attached hydrogens (tertiary/aromatic N) is 1. The maximum atomic E-state index is 12.5. The number of amides is 2. The van der Waals surface area contributed by atoms with Crippen LogP contribution in [-0.4, -0.2) is 11.8 Å². The van der Waals surface area contributed by atoms with Crippen molar-refractivity contribution in [3.8, 4) is 6.07 Å². The molecule has 3 rings (SSSR count). The molecule has 28 heavy (non-hydrogen) atoms. The molecule has 5 nitrogen and oxygen atoms in total. The first kappa shape index (κ1) is 19.6. The molecule has 0 spiro atoms. The van der Waals surface area contributed by atoms with Gasteiger partial charge in [0.05, 0.1) is 11.6 Å². The number of hydrogen-bond acceptors (Lipinski definition) is 3. The van der Waals surface area contributed by atoms with E-state index in [0.717, 1.165) is 18.4 Å². The largest absolute Gasteiger partial charge is 0.352 e. The number of anilines is 1. The summed E-state index contributed by atoms with van der Waals surface area (Å²) in [6, 6.07) is 17.1. The van der Waals surface area contributed by atoms with Crippen LogP contribution < -0.4 is 10.6 Å². The van der Waals surface area contributed by atoms with Crippen molar-refractivity contribution < 1.29 is 9.59 Å². The molecule has 1 fully saturated rings. The van der Waals surface area contributed by atoms with Crippen LogP contribution in [0.1, 0.15) is 42.4 Å². The zero-order valence-corrected chi connectivity index (χ0v) is 16.1. The van der Waals surface area contributed by atoms with Crippen LogP contribution in [0.5, 0.6) is 0 Å². The molecule has 2 N–H and O–H groups in total. The molecular weight excluding hydrogens is 350 g/mol. The third kappa shape index (κ3) is 5.20. The minimum atomic E-state index is -0.0908. The Hall–Kier alpha value is -3.13. The number of rotatable bonds is 5. The van der Waals surface area contributed by atoms with E-state index < -0.39 is 0 Å². The fourth-order valence-electron chi connectivity index (χ4n) is 3.57. The van der Waals surface area contributed by atoms with E-state index in [4.69, 9.17) is 5.26 Å². The third-order valence-corrected chi connectivity index (χ3v) is 5.32. The molecule has 0 bridgehead atoms. The average molecular weight is 375 g/mol. The Morgan fingerprint density at radius 3 is 2.29 bits per heavy atom. The molecule has 2 aromatic carbocycles. The quantitative estimate of drug-likeness (QED) is 0.831. The van der Waals surface area contributed by atoms with Crippen LogP contribution in [0.4, 0.5) is 5.69 Å². The Morgan fingerprint density at radius 2 is 1.64 bits per heavy atom. The molecule has 1 saturated carbocycles. The molecule has 1 aliphatic rings. The molecule has 2 aromatic rings. The van der Waals surface area contributed by atoms with Crippen LogP contribution >= 0.6 is 0 Å². The molecule has 1 aliphatic carbocycles. The van der Waals surface area contributed by atoms with Gasteiger partial charge < -0.3 is 10.6 Å². The van der Waals surface area contributed by atoms with Crippen molar-refractivity contribution in [1.82, 2.24) is 5.32 Å². The Kier molecular flexibility index (Phi) is 6.44. The van der Waals surface area contributed by atoms with Gasteiger partial charge in [-0.25, -0.2) is 0 Å². The molecule has 0 heterocycles. The van der Waals surface area contributed by atoms with Crippen molar-refractivity contribution in [3.05, 3.63) is 65.2 Å². The van der Waals surface area contributed by atoms with Gasteiger partial charge >= 0.3 is 0 Å². The molecule has 0 radical (unpaired) electrons. The summed E-state index contributed by atoms with van der Waals surface area (Å²) in [5.74, 6) is -0.0851. The first-order valence-electron chi connectivity index (χ1n) is 9.69. The molecule has 0 aliphatic heterocycles. The lowest BCUT2D eigenvalue weighted by molar-refractivity contribution is -0.128. The predicted octanol–water partition coefficient (Wildman–Crippen LogP) is 3.93. The van der Waals surface area contributed by atoms with Gasteiger partial charge in [-0.05, 0) is 56.4 Å². The van der Waals surface area contributed by atoms with E-state index in [1.54, 1.807) is 24.3 Å². The first-order chi connectivity index (χ1) is 13.5. The van der Waals surface area contributed by atoms with Gasteiger partial charge in [0, 0.05) is 24.1 Å². The maximum absolute atomic E-state index is 12.5. The van der Waals surface area contributed by atoms with Gasteiger partial charge in [0.25, 0.3) is 0 Å². The first-order valence-corrected chi connectivity index (χ1v) is 9.69. The highest BCUT2D eigenvalue weighted by Gasteiger charge is 2.29. The Morgan fingerprint density at radius 1 is 1.00 bits per heavy atom. The standard InChI is InChI=1S/C23H25N3O2/c1-16-5-7-17(8-6-16)15-25-22(27)19-9-11-20(12-10-19)23(28)26-21-4-2-3-18(13-21)14-24/h2-8,13,19-20H,9-12,15H2,1H3,(H,25,27)(H,26,28). The van der Waals surface area contributed by atoms with Crippen LogP contribution in [0, 0.1) is 30.1 Å². The van der Waals surface area contributed by atoms with Gasteiger partial charge in [-0.1, -0.05) is 35.9 Å². The second kappa shape index (κ2) is 9.18. The van der Waals surface area contributed by atoms with E-state index in [2.05, 4.69) is 16.7 Å². The minimum Gasteiger partial charge on any atom is -0.352 e. The van der Waals surface area contributed by atoms with Gasteiger partial charge in [0.1, 0.15) is 0 Å². The number of nitrogens with one attached hydrogen (secondary N) is 2. The summed E-state index contributed by atoms with van der Waals surface area (Å²) in [4.78, 5) is 24.9. The van der Waals surface area contributed by atoms with Crippen molar-refractivity contribution in [2.24, 2.45) is 11.8 Å². The third-order valence-electron chi connectivity index (χ3n) is 5.32. The maximum Gasteiger partial charge on any atom is 0.227 e. The van der Waals surface area contributed by atoms with E-state index in [9.17, 15) is 9.59 Å². The summed E-state index contributed by atoms with van der Waals surface area (Å²) in [6.45, 7) is 2.58. The van der Waals surface area contributed by atoms with E-state index in [-0.39, 0.29) is 23.7 Å². The number of nitriles is 1. The second-order valence-corrected chi connectivity index (χ2v) is 7.43. The average Bonchev–Trinajstić information content (AvgIpc) is 2.73. The normalized spacial score (nSPS) is 18.7. The van der Waals surface area contributed by atoms with E-state index >= 15 is 0 Å². The van der Waals surface area contributed by atoms with Gasteiger partial charge in [-0.2, -0.15) is 5.26 Å². The predicted molar refractivity (Wildman–Crippen MR) is 108 cm³/mol. The lowest BCUT2D eigenvalue weighted by Crippen LogP contribution is -2.35. The molecule has 0 unspecified atom stereocenters. The smallest absolute Gasteiger partial charge is 0.227 e. The molecule has 5 heteroatoms. The summed E-state index contributed by atoms with van der Waals surface area (Å²) in [6.07, 6.45) is 2.84. The summed E-state index contributed by atoms with van der Waals surface area (Å²) < 4.78 is 0. The van der Waals surface area contributed by atoms with Gasteiger partial charge in [-0.3, -0.25) is 9.59 Å². The number of carbonyl (C=O) groups excluding carboxylic acids is 2. The van der Waals surface area contributed by atoms with Crippen LogP contribution in [0.15, 0.2) is 48.5 Å². The molecular formula is C23H25N3O2. The van der Waals surface area contributed by atoms with E-state index in [1.807, 2.05) is 31.2 Å². The number of hydrogen-bond donors (Lipinski definition) is 2. The van der Waals surface area contributed by atoms with Crippen molar-refractivity contribution in [2.45, 2.75) is 39.2 Å². The Bertz CT molecular complexity index is 875. The Balaban J connectivity index is 1.45. The summed E-state index contributed by atoms with van der Waals surface area (Å²) >= 11 is 0. The molecule has 144 valence electrons. The van der Waals surface area contributed by atoms with Crippen molar-refractivity contribution in [2.75, 3.05) is 5.32 Å². The number of benzene rings is 2. The van der Waals surface area contributed by atoms with Crippen LogP contribution in [-0.2, 0) is 16.1 Å². The highest BCUT2D eigenvalue weighted by Crippen LogP contribution is 2.30. The number of carbonyl (C=O) groups is 2. The van der Waals surface area contributed by atoms with Crippen molar-refractivity contribution in [3.63, 3.8) is 0 Å². The monoisotopic (exact) mass is 375 g/mol. The van der Waals surface area contributed by atoms with Crippen molar-refractivity contribution in [1.29, 1.82) is 5.26 Å². The summed E-state index contributed by atoms with van der Waals surface area (Å²) in [5.41, 5.74) is 3.45. The fraction of sp³-hybridized carbons (Fsp3) is 0.348. The molecule has 0 saturated heterocycles. The zero-order valence-electron chi connectivity index (χ0n) is 16.1. The molecule has 0 aromatic heterocycles. The Labute approximate surface area is 165 Å². The van der Waals surface area contributed by atoms with Crippen LogP contribution in [0.25, 0.3) is 0 Å². The van der Waals surface area contributed by atoms with Crippen molar-refractivity contribution >= 4 is 17.5 Å².